The van der Waals surface area contributed by atoms with Gasteiger partial charge >= 0.3 is 0 Å². The van der Waals surface area contributed by atoms with Gasteiger partial charge in [-0.2, -0.15) is 0 Å². The highest BCUT2D eigenvalue weighted by Crippen LogP contribution is 2.37. The van der Waals surface area contributed by atoms with E-state index >= 15 is 0 Å². The van der Waals surface area contributed by atoms with E-state index in [1.165, 1.54) is 0 Å². The summed E-state index contributed by atoms with van der Waals surface area (Å²) in [5.74, 6) is -0.791. The number of piperidine rings is 1. The number of carbonyl (C=O) groups is 3. The summed E-state index contributed by atoms with van der Waals surface area (Å²) in [5, 5.41) is 2.34. The molecule has 0 aliphatic carbocycles. The molecular formula is C19H15IN2O3. The molecule has 1 atom stereocenters. The van der Waals surface area contributed by atoms with Crippen LogP contribution in [0.1, 0.15) is 28.8 Å². The third-order valence-electron chi connectivity index (χ3n) is 4.73. The van der Waals surface area contributed by atoms with E-state index < -0.39 is 6.04 Å². The number of carbonyl (C=O) groups excluding carboxylic acids is 3. The van der Waals surface area contributed by atoms with Crippen molar-refractivity contribution in [2.75, 3.05) is 0 Å². The van der Waals surface area contributed by atoms with Crippen molar-refractivity contribution in [2.24, 2.45) is 0 Å². The summed E-state index contributed by atoms with van der Waals surface area (Å²) in [6.07, 6.45) is 0.640. The molecular weight excluding hydrogens is 431 g/mol. The molecule has 0 radical (unpaired) electrons. The van der Waals surface area contributed by atoms with E-state index in [0.717, 1.165) is 20.3 Å². The topological polar surface area (TPSA) is 66.5 Å². The second-order valence-electron chi connectivity index (χ2n) is 6.21. The summed E-state index contributed by atoms with van der Waals surface area (Å²) in [7, 11) is 0. The number of fused-ring (bicyclic) bond motifs is 1. The number of nitrogens with one attached hydrogen (secondary N) is 1. The van der Waals surface area contributed by atoms with Crippen molar-refractivity contribution in [1.29, 1.82) is 0 Å². The van der Waals surface area contributed by atoms with Crippen LogP contribution in [0.2, 0.25) is 0 Å². The van der Waals surface area contributed by atoms with Crippen LogP contribution in [0.15, 0.2) is 42.5 Å². The molecule has 2 aromatic carbocycles. The molecule has 1 fully saturated rings. The molecule has 2 aromatic rings. The lowest BCUT2D eigenvalue weighted by Gasteiger charge is -2.29. The molecule has 2 aliphatic rings. The largest absolute Gasteiger partial charge is 0.322 e. The molecule has 2 aliphatic heterocycles. The van der Waals surface area contributed by atoms with Crippen molar-refractivity contribution in [3.05, 3.63) is 57.2 Å². The van der Waals surface area contributed by atoms with Gasteiger partial charge in [-0.3, -0.25) is 19.7 Å². The van der Waals surface area contributed by atoms with Crippen molar-refractivity contribution >= 4 is 40.3 Å². The maximum atomic E-state index is 13.1. The van der Waals surface area contributed by atoms with Crippen LogP contribution < -0.4 is 5.32 Å². The van der Waals surface area contributed by atoms with Crippen LogP contribution >= 0.6 is 22.6 Å². The number of halogens is 1. The van der Waals surface area contributed by atoms with E-state index in [9.17, 15) is 14.4 Å². The number of amides is 3. The van der Waals surface area contributed by atoms with Gasteiger partial charge < -0.3 is 4.90 Å². The Bertz CT molecular complexity index is 895. The molecule has 4 rings (SSSR count). The summed E-state index contributed by atoms with van der Waals surface area (Å²) in [6.45, 7) is 0.402. The van der Waals surface area contributed by atoms with Crippen LogP contribution in [0.3, 0.4) is 0 Å². The fraction of sp³-hybridized carbons (Fsp3) is 0.211. The Kier molecular flexibility index (Phi) is 4.07. The number of rotatable bonds is 2. The number of hydrogen-bond acceptors (Lipinski definition) is 3. The molecule has 0 aromatic heterocycles. The summed E-state index contributed by atoms with van der Waals surface area (Å²) < 4.78 is 1.01. The zero-order valence-electron chi connectivity index (χ0n) is 13.3. The molecule has 5 nitrogen and oxygen atoms in total. The van der Waals surface area contributed by atoms with Crippen LogP contribution in [-0.2, 0) is 16.1 Å². The SMILES string of the molecule is O=C1CCC(N2Cc3c(I)ccc(-c4ccccc4)c3C2=O)C(=O)N1. The lowest BCUT2D eigenvalue weighted by atomic mass is 9.97. The molecule has 3 amide bonds. The average molecular weight is 446 g/mol. The van der Waals surface area contributed by atoms with E-state index in [0.29, 0.717) is 18.5 Å². The van der Waals surface area contributed by atoms with Crippen LogP contribution in [0, 0.1) is 3.57 Å². The number of imide groups is 1. The Labute approximate surface area is 158 Å². The molecule has 1 saturated heterocycles. The maximum absolute atomic E-state index is 13.1. The van der Waals surface area contributed by atoms with E-state index in [4.69, 9.17) is 0 Å². The Morgan fingerprint density at radius 2 is 1.80 bits per heavy atom. The van der Waals surface area contributed by atoms with Gasteiger partial charge in [-0.15, -0.1) is 0 Å². The summed E-state index contributed by atoms with van der Waals surface area (Å²) in [5.41, 5.74) is 3.49. The second-order valence-corrected chi connectivity index (χ2v) is 7.38. The van der Waals surface area contributed by atoms with Gasteiger partial charge in [0, 0.05) is 16.5 Å². The monoisotopic (exact) mass is 446 g/mol. The molecule has 1 unspecified atom stereocenters. The summed E-state index contributed by atoms with van der Waals surface area (Å²) >= 11 is 2.23. The smallest absolute Gasteiger partial charge is 0.255 e. The second kappa shape index (κ2) is 6.25. The number of nitrogens with zero attached hydrogens (tertiary/aromatic N) is 1. The molecule has 0 spiro atoms. The highest BCUT2D eigenvalue weighted by molar-refractivity contribution is 14.1. The predicted octanol–water partition coefficient (Wildman–Crippen LogP) is 2.72. The zero-order chi connectivity index (χ0) is 17.6. The van der Waals surface area contributed by atoms with Gasteiger partial charge in [0.2, 0.25) is 11.8 Å². The molecule has 6 heteroatoms. The molecule has 25 heavy (non-hydrogen) atoms. The van der Waals surface area contributed by atoms with E-state index in [2.05, 4.69) is 27.9 Å². The maximum Gasteiger partial charge on any atom is 0.255 e. The van der Waals surface area contributed by atoms with Gasteiger partial charge in [0.05, 0.1) is 5.56 Å². The number of hydrogen-bond donors (Lipinski definition) is 1. The molecule has 2 heterocycles. The van der Waals surface area contributed by atoms with E-state index in [1.54, 1.807) is 4.90 Å². The first kappa shape index (κ1) is 16.3. The first-order valence-electron chi connectivity index (χ1n) is 8.07. The van der Waals surface area contributed by atoms with Crippen molar-refractivity contribution in [2.45, 2.75) is 25.4 Å². The van der Waals surface area contributed by atoms with Crippen LogP contribution in [0.4, 0.5) is 0 Å². The van der Waals surface area contributed by atoms with Gasteiger partial charge in [-0.25, -0.2) is 0 Å². The minimum absolute atomic E-state index is 0.137. The first-order chi connectivity index (χ1) is 12.1. The van der Waals surface area contributed by atoms with E-state index in [1.807, 2.05) is 42.5 Å². The minimum Gasteiger partial charge on any atom is -0.322 e. The quantitative estimate of drug-likeness (QED) is 0.570. The van der Waals surface area contributed by atoms with Crippen molar-refractivity contribution < 1.29 is 14.4 Å². The highest BCUT2D eigenvalue weighted by atomic mass is 127. The van der Waals surface area contributed by atoms with Crippen molar-refractivity contribution in [1.82, 2.24) is 10.2 Å². The summed E-state index contributed by atoms with van der Waals surface area (Å²) in [6, 6.07) is 13.2. The lowest BCUT2D eigenvalue weighted by Crippen LogP contribution is -2.52. The molecule has 126 valence electrons. The van der Waals surface area contributed by atoms with Crippen molar-refractivity contribution in [3.63, 3.8) is 0 Å². The van der Waals surface area contributed by atoms with Crippen LogP contribution in [0.5, 0.6) is 0 Å². The third kappa shape index (κ3) is 2.74. The minimum atomic E-state index is -0.586. The van der Waals surface area contributed by atoms with Gasteiger partial charge in [0.1, 0.15) is 6.04 Å². The van der Waals surface area contributed by atoms with Gasteiger partial charge in [0.25, 0.3) is 5.91 Å². The predicted molar refractivity (Wildman–Crippen MR) is 101 cm³/mol. The lowest BCUT2D eigenvalue weighted by molar-refractivity contribution is -0.136. The average Bonchev–Trinajstić information content (AvgIpc) is 2.95. The first-order valence-corrected chi connectivity index (χ1v) is 9.15. The Morgan fingerprint density at radius 1 is 1.04 bits per heavy atom. The third-order valence-corrected chi connectivity index (χ3v) is 5.74. The molecule has 0 bridgehead atoms. The Hall–Kier alpha value is -2.22. The highest BCUT2D eigenvalue weighted by Gasteiger charge is 2.40. The standard InChI is InChI=1S/C19H15IN2O3/c20-14-7-6-12(11-4-2-1-3-5-11)17-13(14)10-22(19(17)25)15-8-9-16(23)21-18(15)24/h1-7,15H,8-10H2,(H,21,23,24). The molecule has 1 N–H and O–H groups in total. The van der Waals surface area contributed by atoms with Gasteiger partial charge in [-0.05, 0) is 51.8 Å². The summed E-state index contributed by atoms with van der Waals surface area (Å²) in [4.78, 5) is 38.3. The fourth-order valence-electron chi connectivity index (χ4n) is 3.50. The van der Waals surface area contributed by atoms with Crippen LogP contribution in [-0.4, -0.2) is 28.7 Å². The van der Waals surface area contributed by atoms with E-state index in [-0.39, 0.29) is 24.1 Å². The molecule has 0 saturated carbocycles. The normalized spacial score (nSPS) is 19.8. The zero-order valence-corrected chi connectivity index (χ0v) is 15.4. The van der Waals surface area contributed by atoms with Gasteiger partial charge in [-0.1, -0.05) is 36.4 Å². The van der Waals surface area contributed by atoms with Crippen LogP contribution in [0.25, 0.3) is 11.1 Å². The Morgan fingerprint density at radius 3 is 2.52 bits per heavy atom. The number of benzene rings is 2. The fourth-order valence-corrected chi connectivity index (χ4v) is 4.12. The van der Waals surface area contributed by atoms with Gasteiger partial charge in [0.15, 0.2) is 0 Å². The Balaban J connectivity index is 1.76. The van der Waals surface area contributed by atoms with Crippen molar-refractivity contribution in [3.8, 4) is 11.1 Å².